The summed E-state index contributed by atoms with van der Waals surface area (Å²) in [6, 6.07) is 1.79. The Morgan fingerprint density at radius 1 is 0.723 bits per heavy atom. The molecule has 0 aliphatic heterocycles. The second-order valence-corrected chi connectivity index (χ2v) is 9.70. The van der Waals surface area contributed by atoms with Gasteiger partial charge in [0.05, 0.1) is 87.7 Å². The zero-order chi connectivity index (χ0) is 36.2. The number of H-pyrrole nitrogens is 1. The first-order chi connectivity index (χ1) is 21.7. The summed E-state index contributed by atoms with van der Waals surface area (Å²) in [6.07, 6.45) is 3.44. The van der Waals surface area contributed by atoms with Gasteiger partial charge in [0, 0.05) is 11.9 Å². The number of hydrogen-bond acceptors (Lipinski definition) is 17. The standard InChI is InChI=1S/C10H18N3O2.2C6H3N3O7/c1-13(2,3)4-5-15-10(14)6-9-7-11-8-12-9;2*10-6-4(8(13)14)1-3(7(11)12)2-5(6)9(15)16/h7-8H,4-6H2,1-3H3,(H,11,12);2*1-2,10H/q+1;;. The Morgan fingerprint density at radius 3 is 1.34 bits per heavy atom. The lowest BCUT2D eigenvalue weighted by atomic mass is 10.2. The first-order valence-corrected chi connectivity index (χ1v) is 12.2. The van der Waals surface area contributed by atoms with E-state index in [2.05, 4.69) is 31.1 Å². The Morgan fingerprint density at radius 2 is 1.09 bits per heavy atom. The topological polar surface area (TPSA) is 354 Å². The van der Waals surface area contributed by atoms with Crippen LogP contribution in [-0.4, -0.2) is 94.5 Å². The number of nitrogens with one attached hydrogen (secondary N) is 1. The highest BCUT2D eigenvalue weighted by Crippen LogP contribution is 2.40. The van der Waals surface area contributed by atoms with Crippen LogP contribution in [0.25, 0.3) is 0 Å². The lowest BCUT2D eigenvalue weighted by molar-refractivity contribution is -0.870. The number of aromatic nitrogens is 2. The van der Waals surface area contributed by atoms with E-state index < -0.39 is 75.2 Å². The summed E-state index contributed by atoms with van der Waals surface area (Å²) in [5, 5.41) is 80.4. The average molecular weight is 670 g/mol. The molecule has 0 saturated carbocycles. The van der Waals surface area contributed by atoms with Crippen molar-refractivity contribution in [1.29, 1.82) is 0 Å². The predicted octanol–water partition coefficient (Wildman–Crippen LogP) is 2.44. The van der Waals surface area contributed by atoms with E-state index in [4.69, 9.17) is 14.9 Å². The van der Waals surface area contributed by atoms with Gasteiger partial charge in [0.2, 0.25) is 0 Å². The van der Waals surface area contributed by atoms with Crippen LogP contribution < -0.4 is 0 Å². The molecule has 3 N–H and O–H groups in total. The van der Waals surface area contributed by atoms with Crippen LogP contribution in [0, 0.1) is 60.7 Å². The number of aromatic hydroxyl groups is 2. The van der Waals surface area contributed by atoms with E-state index in [0.29, 0.717) is 30.9 Å². The maximum absolute atomic E-state index is 11.3. The summed E-state index contributed by atoms with van der Waals surface area (Å²) in [6.45, 7) is 1.27. The first-order valence-electron chi connectivity index (χ1n) is 12.2. The van der Waals surface area contributed by atoms with Crippen molar-refractivity contribution in [3.63, 3.8) is 0 Å². The van der Waals surface area contributed by atoms with Crippen LogP contribution in [0.2, 0.25) is 0 Å². The SMILES string of the molecule is C[N+](C)(C)CCOC(=O)Cc1cnc[nH]1.O=[N+]([O-])c1cc([N+](=O)[O-])c(O)c([N+](=O)[O-])c1.O=[N+]([O-])c1cc([N+](=O)[O-])c(O)c([N+](=O)[O-])c1. The van der Waals surface area contributed by atoms with Crippen molar-refractivity contribution in [3.05, 3.63) is 103 Å². The number of nitro groups is 6. The number of carbonyl (C=O) groups excluding carboxylic acids is 1. The Bertz CT molecular complexity index is 1520. The van der Waals surface area contributed by atoms with Gasteiger partial charge in [0.15, 0.2) is 0 Å². The fraction of sp³-hybridized carbons (Fsp3) is 0.273. The van der Waals surface area contributed by atoms with Gasteiger partial charge in [-0.1, -0.05) is 0 Å². The number of quaternary nitrogens is 1. The third-order valence-electron chi connectivity index (χ3n) is 5.23. The van der Waals surface area contributed by atoms with Crippen LogP contribution in [-0.2, 0) is 16.0 Å². The third kappa shape index (κ3) is 11.9. The second-order valence-electron chi connectivity index (χ2n) is 9.70. The molecular formula is C22H24N9O16+. The fourth-order valence-corrected chi connectivity index (χ4v) is 2.97. The molecule has 25 heteroatoms. The van der Waals surface area contributed by atoms with Gasteiger partial charge in [-0.2, -0.15) is 0 Å². The number of esters is 1. The van der Waals surface area contributed by atoms with Crippen LogP contribution in [0.4, 0.5) is 34.1 Å². The molecule has 0 amide bonds. The number of ether oxygens (including phenoxy) is 1. The number of benzene rings is 2. The average Bonchev–Trinajstić information content (AvgIpc) is 3.45. The number of nitro benzene ring substituents is 6. The van der Waals surface area contributed by atoms with Gasteiger partial charge >= 0.3 is 28.7 Å². The minimum Gasteiger partial charge on any atom is -0.497 e. The minimum absolute atomic E-state index is 0.215. The number of hydrogen-bond donors (Lipinski definition) is 3. The van der Waals surface area contributed by atoms with Crippen molar-refractivity contribution in [3.8, 4) is 11.5 Å². The molecule has 0 radical (unpaired) electrons. The van der Waals surface area contributed by atoms with Gasteiger partial charge in [-0.3, -0.25) is 65.5 Å². The summed E-state index contributed by atoms with van der Waals surface area (Å²) in [4.78, 5) is 73.5. The van der Waals surface area contributed by atoms with E-state index in [1.165, 1.54) is 0 Å². The van der Waals surface area contributed by atoms with Gasteiger partial charge in [-0.15, -0.1) is 0 Å². The van der Waals surface area contributed by atoms with Crippen molar-refractivity contribution in [1.82, 2.24) is 9.97 Å². The molecule has 1 heterocycles. The molecule has 3 rings (SSSR count). The number of phenolic OH excluding ortho intramolecular Hbond substituents is 2. The maximum atomic E-state index is 11.3. The highest BCUT2D eigenvalue weighted by Gasteiger charge is 2.31. The normalized spacial score (nSPS) is 10.3. The molecule has 25 nitrogen and oxygen atoms in total. The van der Waals surface area contributed by atoms with Crippen LogP contribution in [0.5, 0.6) is 11.5 Å². The molecule has 0 bridgehead atoms. The number of rotatable bonds is 11. The molecule has 0 spiro atoms. The lowest BCUT2D eigenvalue weighted by Crippen LogP contribution is -2.38. The molecule has 0 fully saturated rings. The van der Waals surface area contributed by atoms with Crippen LogP contribution in [0.15, 0.2) is 36.8 Å². The zero-order valence-corrected chi connectivity index (χ0v) is 24.3. The lowest BCUT2D eigenvalue weighted by Gasteiger charge is -2.23. The van der Waals surface area contributed by atoms with E-state index in [0.717, 1.165) is 16.7 Å². The molecule has 0 aliphatic carbocycles. The smallest absolute Gasteiger partial charge is 0.324 e. The molecule has 0 saturated heterocycles. The van der Waals surface area contributed by atoms with Crippen molar-refractivity contribution in [2.75, 3.05) is 34.3 Å². The molecular weight excluding hydrogens is 646 g/mol. The number of carbonyl (C=O) groups is 1. The minimum atomic E-state index is -1.21. The van der Waals surface area contributed by atoms with E-state index in [1.807, 2.05) is 0 Å². The fourth-order valence-electron chi connectivity index (χ4n) is 2.97. The van der Waals surface area contributed by atoms with Crippen molar-refractivity contribution < 1.29 is 53.8 Å². The van der Waals surface area contributed by atoms with Gasteiger partial charge in [-0.05, 0) is 0 Å². The molecule has 3 aromatic rings. The van der Waals surface area contributed by atoms with Crippen molar-refractivity contribution in [2.24, 2.45) is 0 Å². The predicted molar refractivity (Wildman–Crippen MR) is 152 cm³/mol. The number of likely N-dealkylation sites (N-methyl/N-ethyl adjacent to an activating group) is 1. The Labute approximate surface area is 259 Å². The van der Waals surface area contributed by atoms with Crippen LogP contribution in [0.1, 0.15) is 5.69 Å². The number of phenols is 2. The maximum Gasteiger partial charge on any atom is 0.324 e. The third-order valence-corrected chi connectivity index (χ3v) is 5.23. The monoisotopic (exact) mass is 670 g/mol. The summed E-state index contributed by atoms with van der Waals surface area (Å²) < 4.78 is 5.88. The summed E-state index contributed by atoms with van der Waals surface area (Å²) >= 11 is 0. The Kier molecular flexibility index (Phi) is 13.2. The second kappa shape index (κ2) is 16.2. The first kappa shape index (κ1) is 38.1. The van der Waals surface area contributed by atoms with E-state index >= 15 is 0 Å². The largest absolute Gasteiger partial charge is 0.497 e. The van der Waals surface area contributed by atoms with Gasteiger partial charge < -0.3 is 24.4 Å². The van der Waals surface area contributed by atoms with Crippen molar-refractivity contribution >= 4 is 40.1 Å². The molecule has 1 aromatic heterocycles. The molecule has 252 valence electrons. The van der Waals surface area contributed by atoms with Crippen molar-refractivity contribution in [2.45, 2.75) is 6.42 Å². The molecule has 47 heavy (non-hydrogen) atoms. The number of nitrogens with zero attached hydrogens (tertiary/aromatic N) is 8. The zero-order valence-electron chi connectivity index (χ0n) is 24.3. The van der Waals surface area contributed by atoms with Gasteiger partial charge in [0.1, 0.15) is 13.2 Å². The van der Waals surface area contributed by atoms with Crippen LogP contribution in [0.3, 0.4) is 0 Å². The molecule has 0 aliphatic rings. The molecule has 2 aromatic carbocycles. The van der Waals surface area contributed by atoms with E-state index in [9.17, 15) is 65.5 Å². The van der Waals surface area contributed by atoms with Crippen LogP contribution >= 0.6 is 0 Å². The van der Waals surface area contributed by atoms with E-state index in [-0.39, 0.29) is 12.4 Å². The highest BCUT2D eigenvalue weighted by atomic mass is 16.7. The Hall–Kier alpha value is -6.92. The number of imidazole rings is 1. The summed E-state index contributed by atoms with van der Waals surface area (Å²) in [7, 11) is 6.17. The van der Waals surface area contributed by atoms with Gasteiger partial charge in [-0.25, -0.2) is 4.98 Å². The number of aromatic amines is 1. The Balaban J connectivity index is 0.000000353. The molecule has 0 atom stereocenters. The van der Waals surface area contributed by atoms with E-state index in [1.54, 1.807) is 12.5 Å². The highest BCUT2D eigenvalue weighted by molar-refractivity contribution is 5.71. The van der Waals surface area contributed by atoms with Gasteiger partial charge in [0.25, 0.3) is 22.9 Å². The molecule has 0 unspecified atom stereocenters. The number of non-ortho nitro benzene ring substituents is 2. The summed E-state index contributed by atoms with van der Waals surface area (Å²) in [5.41, 5.74) is -5.22. The quantitative estimate of drug-likeness (QED) is 0.114. The summed E-state index contributed by atoms with van der Waals surface area (Å²) in [5.74, 6) is -2.63.